The van der Waals surface area contributed by atoms with Crippen LogP contribution in [0.25, 0.3) is 0 Å². The molecule has 16 heavy (non-hydrogen) atoms. The summed E-state index contributed by atoms with van der Waals surface area (Å²) in [5.74, 6) is 0. The van der Waals surface area contributed by atoms with Gasteiger partial charge >= 0.3 is 0 Å². The lowest BCUT2D eigenvalue weighted by Crippen LogP contribution is -2.26. The Bertz CT molecular complexity index is 444. The fraction of sp³-hybridized carbons (Fsp3) is 0.571. The van der Waals surface area contributed by atoms with Gasteiger partial charge in [-0.1, -0.05) is 16.5 Å². The minimum atomic E-state index is -3.84. The number of sulfonamides is 1. The fourth-order valence-electron chi connectivity index (χ4n) is 0.858. The number of methoxy groups -OCH3 is 1. The summed E-state index contributed by atoms with van der Waals surface area (Å²) in [7, 11) is -0.779. The third-order valence-corrected chi connectivity index (χ3v) is 3.35. The topological polar surface area (TPSA) is 82.4 Å². The minimum Gasteiger partial charge on any atom is -0.382 e. The molecule has 0 fully saturated rings. The molecular weight excluding hydrogens is 258 g/mol. The lowest BCUT2D eigenvalue weighted by molar-refractivity contribution is 0.0437. The number of nitrogens with zero attached hydrogens (tertiary/aromatic N) is 2. The predicted octanol–water partition coefficient (Wildman–Crippen LogP) is -0.0702. The highest BCUT2D eigenvalue weighted by atomic mass is 35.5. The Balaban J connectivity index is 2.68. The molecule has 1 heterocycles. The molecule has 0 radical (unpaired) electrons. The van der Waals surface area contributed by atoms with Crippen molar-refractivity contribution in [2.75, 3.05) is 20.3 Å². The zero-order chi connectivity index (χ0) is 12.2. The van der Waals surface area contributed by atoms with Gasteiger partial charge in [-0.25, -0.2) is 13.4 Å². The van der Waals surface area contributed by atoms with Gasteiger partial charge < -0.3 is 9.30 Å². The van der Waals surface area contributed by atoms with Crippen molar-refractivity contribution in [2.24, 2.45) is 7.05 Å². The smallest absolute Gasteiger partial charge is 0.283 e. The molecule has 0 aromatic carbocycles. The largest absolute Gasteiger partial charge is 0.382 e. The summed E-state index contributed by atoms with van der Waals surface area (Å²) >= 11 is 5.73. The summed E-state index contributed by atoms with van der Waals surface area (Å²) in [6, 6.07) is 0. The third kappa shape index (κ3) is 3.16. The monoisotopic (exact) mass is 269 g/mol. The van der Waals surface area contributed by atoms with Crippen LogP contribution in [-0.4, -0.2) is 38.3 Å². The maximum Gasteiger partial charge on any atom is 0.283 e. The molecule has 0 aliphatic carbocycles. The van der Waals surface area contributed by atoms with E-state index in [0.717, 1.165) is 0 Å². The molecule has 0 saturated heterocycles. The molecule has 0 atom stereocenters. The first kappa shape index (κ1) is 13.4. The van der Waals surface area contributed by atoms with E-state index in [1.165, 1.54) is 18.0 Å². The Hall–Kier alpha value is -0.670. The molecule has 1 aromatic heterocycles. The molecule has 0 amide bonds. The molecule has 1 rings (SSSR count). The highest BCUT2D eigenvalue weighted by molar-refractivity contribution is 7.89. The van der Waals surface area contributed by atoms with Crippen molar-refractivity contribution >= 4 is 21.6 Å². The fourth-order valence-corrected chi connectivity index (χ4v) is 2.12. The maximum atomic E-state index is 11.6. The van der Waals surface area contributed by atoms with Crippen LogP contribution in [0.5, 0.6) is 0 Å². The average molecular weight is 270 g/mol. The number of aromatic nitrogens is 2. The number of ether oxygens (including phenoxy) is 1. The molecule has 0 unspecified atom stereocenters. The van der Waals surface area contributed by atoms with E-state index in [9.17, 15) is 8.42 Å². The van der Waals surface area contributed by atoms with E-state index >= 15 is 0 Å². The Morgan fingerprint density at radius 3 is 2.75 bits per heavy atom. The van der Waals surface area contributed by atoms with Crippen LogP contribution in [0.15, 0.2) is 11.4 Å². The van der Waals surface area contributed by atoms with Gasteiger partial charge in [-0.05, 0) is 0 Å². The van der Waals surface area contributed by atoms with Crippen molar-refractivity contribution < 1.29 is 18.0 Å². The van der Waals surface area contributed by atoms with E-state index < -0.39 is 10.0 Å². The molecular formula is C7H12ClN3O4S. The van der Waals surface area contributed by atoms with Crippen LogP contribution in [0.1, 0.15) is 0 Å². The maximum absolute atomic E-state index is 11.6. The van der Waals surface area contributed by atoms with Gasteiger partial charge in [0.1, 0.15) is 5.15 Å². The number of hydrogen-bond acceptors (Lipinski definition) is 5. The number of hydrogen-bond donors (Lipinski definition) is 1. The van der Waals surface area contributed by atoms with Crippen LogP contribution in [-0.2, 0) is 26.6 Å². The second-order valence-corrected chi connectivity index (χ2v) is 4.80. The van der Waals surface area contributed by atoms with Crippen LogP contribution in [0.3, 0.4) is 0 Å². The number of halogens is 1. The molecule has 0 saturated carbocycles. The normalized spacial score (nSPS) is 11.9. The van der Waals surface area contributed by atoms with Gasteiger partial charge in [-0.2, -0.15) is 0 Å². The lowest BCUT2D eigenvalue weighted by Gasteiger charge is -2.04. The van der Waals surface area contributed by atoms with Gasteiger partial charge in [0.2, 0.25) is 5.03 Å². The molecule has 0 spiro atoms. The first-order valence-electron chi connectivity index (χ1n) is 4.28. The predicted molar refractivity (Wildman–Crippen MR) is 56.4 cm³/mol. The molecule has 0 aliphatic heterocycles. The van der Waals surface area contributed by atoms with Crippen LogP contribution in [0.4, 0.5) is 0 Å². The Morgan fingerprint density at radius 2 is 2.25 bits per heavy atom. The summed E-state index contributed by atoms with van der Waals surface area (Å²) in [6.45, 7) is 0.374. The van der Waals surface area contributed by atoms with Crippen molar-refractivity contribution in [3.63, 3.8) is 0 Å². The highest BCUT2D eigenvalue weighted by Gasteiger charge is 2.22. The highest BCUT2D eigenvalue weighted by Crippen LogP contribution is 2.17. The van der Waals surface area contributed by atoms with Crippen molar-refractivity contribution in [2.45, 2.75) is 5.03 Å². The summed E-state index contributed by atoms with van der Waals surface area (Å²) in [6.07, 6.45) is 1.30. The molecule has 0 bridgehead atoms. The van der Waals surface area contributed by atoms with E-state index in [1.807, 2.05) is 4.89 Å². The average Bonchev–Trinajstić information content (AvgIpc) is 2.55. The summed E-state index contributed by atoms with van der Waals surface area (Å²) in [5.41, 5.74) is 0. The molecule has 9 heteroatoms. The van der Waals surface area contributed by atoms with Crippen molar-refractivity contribution in [3.05, 3.63) is 11.5 Å². The Kier molecular flexibility index (Phi) is 4.69. The van der Waals surface area contributed by atoms with Crippen LogP contribution < -0.4 is 4.89 Å². The van der Waals surface area contributed by atoms with E-state index in [-0.39, 0.29) is 23.4 Å². The van der Waals surface area contributed by atoms with Gasteiger partial charge in [0.15, 0.2) is 0 Å². The van der Waals surface area contributed by atoms with Gasteiger partial charge in [-0.15, -0.1) is 0 Å². The van der Waals surface area contributed by atoms with Gasteiger partial charge in [0.05, 0.1) is 19.5 Å². The van der Waals surface area contributed by atoms with Crippen molar-refractivity contribution in [3.8, 4) is 0 Å². The number of aryl methyl sites for hydroxylation is 1. The third-order valence-electron chi connectivity index (χ3n) is 1.65. The second kappa shape index (κ2) is 5.60. The first-order chi connectivity index (χ1) is 7.49. The van der Waals surface area contributed by atoms with E-state index in [1.54, 1.807) is 7.05 Å². The Morgan fingerprint density at radius 1 is 1.56 bits per heavy atom. The number of imidazole rings is 1. The van der Waals surface area contributed by atoms with E-state index in [0.29, 0.717) is 0 Å². The number of rotatable bonds is 6. The van der Waals surface area contributed by atoms with Gasteiger partial charge in [0, 0.05) is 14.2 Å². The summed E-state index contributed by atoms with van der Waals surface area (Å²) in [5, 5.41) is -0.253. The second-order valence-electron chi connectivity index (χ2n) is 2.88. The summed E-state index contributed by atoms with van der Waals surface area (Å²) in [4.78, 5) is 10.2. The molecule has 7 nitrogen and oxygen atoms in total. The van der Waals surface area contributed by atoms with Gasteiger partial charge in [-0.3, -0.25) is 4.84 Å². The van der Waals surface area contributed by atoms with Crippen LogP contribution >= 0.6 is 11.6 Å². The van der Waals surface area contributed by atoms with E-state index in [4.69, 9.17) is 11.6 Å². The van der Waals surface area contributed by atoms with Crippen LogP contribution in [0, 0.1) is 0 Å². The van der Waals surface area contributed by atoms with Crippen molar-refractivity contribution in [1.29, 1.82) is 0 Å². The Labute approximate surface area is 98.3 Å². The molecule has 0 aliphatic rings. The molecule has 1 N–H and O–H groups in total. The lowest BCUT2D eigenvalue weighted by atomic mass is 10.8. The number of nitrogens with one attached hydrogen (secondary N) is 1. The zero-order valence-corrected chi connectivity index (χ0v) is 10.4. The summed E-state index contributed by atoms with van der Waals surface area (Å²) < 4.78 is 29.2. The molecule has 1 aromatic rings. The van der Waals surface area contributed by atoms with Gasteiger partial charge in [0.25, 0.3) is 10.0 Å². The SMILES string of the molecule is COCCONS(=O)(=O)c1ncn(C)c1Cl. The zero-order valence-electron chi connectivity index (χ0n) is 8.81. The minimum absolute atomic E-state index is 0.0165. The van der Waals surface area contributed by atoms with Crippen LogP contribution in [0.2, 0.25) is 5.15 Å². The van der Waals surface area contributed by atoms with Crippen molar-refractivity contribution in [1.82, 2.24) is 14.4 Å². The van der Waals surface area contributed by atoms with E-state index in [2.05, 4.69) is 14.6 Å². The first-order valence-corrected chi connectivity index (χ1v) is 6.14. The standard InChI is InChI=1S/C7H12ClN3O4S/c1-11-5-9-7(6(11)8)16(12,13)10-15-4-3-14-2/h5,10H,3-4H2,1-2H3. The molecule has 92 valence electrons. The quantitative estimate of drug-likeness (QED) is 0.577.